The van der Waals surface area contributed by atoms with Crippen LogP contribution in [0.25, 0.3) is 10.8 Å². The van der Waals surface area contributed by atoms with Crippen molar-refractivity contribution in [2.24, 2.45) is 5.73 Å². The monoisotopic (exact) mass is 475 g/mol. The molecule has 5 rings (SSSR count). The Kier molecular flexibility index (Phi) is 5.89. The van der Waals surface area contributed by atoms with Gasteiger partial charge in [0.05, 0.1) is 23.3 Å². The second kappa shape index (κ2) is 9.14. The van der Waals surface area contributed by atoms with Crippen molar-refractivity contribution in [2.75, 3.05) is 23.3 Å². The Morgan fingerprint density at radius 2 is 1.94 bits per heavy atom. The molecule has 0 spiro atoms. The number of aryl methyl sites for hydroxylation is 1. The van der Waals surface area contributed by atoms with E-state index in [2.05, 4.69) is 24.9 Å². The largest absolute Gasteiger partial charge is 0.368 e. The highest BCUT2D eigenvalue weighted by atomic mass is 32.1. The van der Waals surface area contributed by atoms with Crippen LogP contribution in [0, 0.1) is 6.92 Å². The molecule has 9 nitrogen and oxygen atoms in total. The Bertz CT molecular complexity index is 1330. The highest BCUT2D eigenvalue weighted by Crippen LogP contribution is 2.28. The number of anilines is 3. The molecule has 0 aliphatic carbocycles. The standard InChI is InChI=1S/C24H25N7O2S/c1-15-9-21(34-29-15)28-20-10-19(11-26-22(20)23(25)32)30-8-4-7-18(14-30)27-24(33)31-12-16-5-2-3-6-17(16)13-31/h2-3,5-6,9-13,18,28H,4,7-8,14H2,1H3,(H2,25,32)(H,27,33)/t18-/m1/s1. The molecule has 1 aliphatic heterocycles. The highest BCUT2D eigenvalue weighted by Gasteiger charge is 2.24. The number of hydrogen-bond donors (Lipinski definition) is 3. The molecular formula is C24H25N7O2S. The van der Waals surface area contributed by atoms with Gasteiger partial charge in [0.2, 0.25) is 0 Å². The van der Waals surface area contributed by atoms with E-state index in [1.54, 1.807) is 10.8 Å². The molecule has 0 radical (unpaired) electrons. The van der Waals surface area contributed by atoms with E-state index < -0.39 is 5.91 Å². The van der Waals surface area contributed by atoms with Crippen molar-refractivity contribution >= 4 is 50.6 Å². The number of primary amides is 1. The van der Waals surface area contributed by atoms with Crippen LogP contribution in [0.2, 0.25) is 0 Å². The first-order chi connectivity index (χ1) is 16.5. The van der Waals surface area contributed by atoms with Crippen LogP contribution in [0.3, 0.4) is 0 Å². The van der Waals surface area contributed by atoms with E-state index in [9.17, 15) is 9.59 Å². The number of carbonyl (C=O) groups is 2. The lowest BCUT2D eigenvalue weighted by atomic mass is 10.1. The summed E-state index contributed by atoms with van der Waals surface area (Å²) in [4.78, 5) is 31.3. The van der Waals surface area contributed by atoms with Gasteiger partial charge in [0.15, 0.2) is 5.69 Å². The minimum atomic E-state index is -0.599. The maximum atomic E-state index is 12.9. The van der Waals surface area contributed by atoms with Crippen molar-refractivity contribution in [1.29, 1.82) is 0 Å². The number of amides is 2. The molecular weight excluding hydrogens is 450 g/mol. The van der Waals surface area contributed by atoms with Gasteiger partial charge in [-0.05, 0) is 54.2 Å². The molecule has 3 aromatic heterocycles. The number of pyridine rings is 1. The van der Waals surface area contributed by atoms with Gasteiger partial charge in [0.1, 0.15) is 5.00 Å². The fourth-order valence-corrected chi connectivity index (χ4v) is 4.93. The smallest absolute Gasteiger partial charge is 0.325 e. The van der Waals surface area contributed by atoms with E-state index in [0.717, 1.165) is 46.5 Å². The Morgan fingerprint density at radius 1 is 1.18 bits per heavy atom. The number of nitrogens with zero attached hydrogens (tertiary/aromatic N) is 4. The number of rotatable bonds is 5. The van der Waals surface area contributed by atoms with Crippen LogP contribution in [0.5, 0.6) is 0 Å². The van der Waals surface area contributed by atoms with Crippen LogP contribution < -0.4 is 21.3 Å². The second-order valence-electron chi connectivity index (χ2n) is 8.44. The molecule has 1 saturated heterocycles. The summed E-state index contributed by atoms with van der Waals surface area (Å²) in [6.07, 6.45) is 7.16. The average Bonchev–Trinajstić information content (AvgIpc) is 3.45. The van der Waals surface area contributed by atoms with Crippen molar-refractivity contribution in [3.8, 4) is 0 Å². The SMILES string of the molecule is Cc1cc(Nc2cc(N3CCC[C@@H](NC(=O)n4cc5ccccc5c4)C3)cnc2C(N)=O)sn1. The molecule has 4 aromatic rings. The molecule has 1 aromatic carbocycles. The van der Waals surface area contributed by atoms with Crippen molar-refractivity contribution < 1.29 is 9.59 Å². The quantitative estimate of drug-likeness (QED) is 0.403. The molecule has 1 atom stereocenters. The third-order valence-electron chi connectivity index (χ3n) is 5.89. The molecule has 1 fully saturated rings. The van der Waals surface area contributed by atoms with Gasteiger partial charge < -0.3 is 21.3 Å². The van der Waals surface area contributed by atoms with E-state index in [-0.39, 0.29) is 17.8 Å². The summed E-state index contributed by atoms with van der Waals surface area (Å²) in [5.41, 5.74) is 8.01. The first-order valence-corrected chi connectivity index (χ1v) is 11.9. The summed E-state index contributed by atoms with van der Waals surface area (Å²) in [7, 11) is 0. The summed E-state index contributed by atoms with van der Waals surface area (Å²) in [5.74, 6) is -0.599. The summed E-state index contributed by atoms with van der Waals surface area (Å²) in [6, 6.07) is 11.5. The number of fused-ring (bicyclic) bond motifs is 1. The highest BCUT2D eigenvalue weighted by molar-refractivity contribution is 7.10. The summed E-state index contributed by atoms with van der Waals surface area (Å²) in [5, 5.41) is 9.24. The zero-order chi connectivity index (χ0) is 23.7. The fraction of sp³-hybridized carbons (Fsp3) is 0.250. The van der Waals surface area contributed by atoms with E-state index in [1.165, 1.54) is 11.5 Å². The van der Waals surface area contributed by atoms with Gasteiger partial charge in [-0.25, -0.2) is 9.78 Å². The number of aromatic nitrogens is 3. The maximum Gasteiger partial charge on any atom is 0.325 e. The summed E-state index contributed by atoms with van der Waals surface area (Å²) >= 11 is 1.31. The van der Waals surface area contributed by atoms with Crippen LogP contribution in [-0.2, 0) is 0 Å². The van der Waals surface area contributed by atoms with Gasteiger partial charge in [0.25, 0.3) is 5.91 Å². The molecule has 34 heavy (non-hydrogen) atoms. The zero-order valence-electron chi connectivity index (χ0n) is 18.7. The van der Waals surface area contributed by atoms with Crippen molar-refractivity contribution in [3.05, 3.63) is 66.4 Å². The number of nitrogens with two attached hydrogens (primary N) is 1. The van der Waals surface area contributed by atoms with E-state index in [1.807, 2.05) is 55.7 Å². The number of piperidine rings is 1. The van der Waals surface area contributed by atoms with E-state index in [4.69, 9.17) is 5.73 Å². The lowest BCUT2D eigenvalue weighted by Gasteiger charge is -2.34. The molecule has 0 bridgehead atoms. The van der Waals surface area contributed by atoms with Gasteiger partial charge in [0, 0.05) is 31.5 Å². The zero-order valence-corrected chi connectivity index (χ0v) is 19.5. The number of nitrogens with one attached hydrogen (secondary N) is 2. The number of carbonyl (C=O) groups excluding carboxylic acids is 2. The van der Waals surface area contributed by atoms with Gasteiger partial charge in [-0.15, -0.1) is 0 Å². The fourth-order valence-electron chi connectivity index (χ4n) is 4.25. The second-order valence-corrected chi connectivity index (χ2v) is 9.25. The van der Waals surface area contributed by atoms with Crippen LogP contribution in [0.4, 0.5) is 21.2 Å². The molecule has 4 N–H and O–H groups in total. The predicted octanol–water partition coefficient (Wildman–Crippen LogP) is 3.87. The molecule has 10 heteroatoms. The third-order valence-corrected chi connectivity index (χ3v) is 6.69. The van der Waals surface area contributed by atoms with Gasteiger partial charge >= 0.3 is 6.03 Å². The van der Waals surface area contributed by atoms with Crippen molar-refractivity contribution in [3.63, 3.8) is 0 Å². The van der Waals surface area contributed by atoms with Crippen LogP contribution in [0.1, 0.15) is 29.0 Å². The van der Waals surface area contributed by atoms with E-state index in [0.29, 0.717) is 12.2 Å². The molecule has 0 unspecified atom stereocenters. The van der Waals surface area contributed by atoms with Crippen molar-refractivity contribution in [2.45, 2.75) is 25.8 Å². The molecule has 174 valence electrons. The first-order valence-electron chi connectivity index (χ1n) is 11.1. The van der Waals surface area contributed by atoms with Gasteiger partial charge in [-0.3, -0.25) is 9.36 Å². The van der Waals surface area contributed by atoms with E-state index >= 15 is 0 Å². The first kappa shape index (κ1) is 21.9. The minimum Gasteiger partial charge on any atom is -0.368 e. The van der Waals surface area contributed by atoms with Crippen LogP contribution in [-0.4, -0.2) is 45.0 Å². The van der Waals surface area contributed by atoms with Crippen molar-refractivity contribution in [1.82, 2.24) is 19.2 Å². The van der Waals surface area contributed by atoms with Crippen LogP contribution in [0.15, 0.2) is 55.0 Å². The predicted molar refractivity (Wildman–Crippen MR) is 134 cm³/mol. The third kappa shape index (κ3) is 4.58. The summed E-state index contributed by atoms with van der Waals surface area (Å²) < 4.78 is 5.87. The maximum absolute atomic E-state index is 12.9. The van der Waals surface area contributed by atoms with Gasteiger partial charge in [-0.2, -0.15) is 4.37 Å². The average molecular weight is 476 g/mol. The molecule has 1 aliphatic rings. The lowest BCUT2D eigenvalue weighted by molar-refractivity contribution is 0.0996. The molecule has 2 amide bonds. The lowest BCUT2D eigenvalue weighted by Crippen LogP contribution is -2.48. The molecule has 0 saturated carbocycles. The topological polar surface area (TPSA) is 118 Å². The number of hydrogen-bond acceptors (Lipinski definition) is 7. The van der Waals surface area contributed by atoms with Crippen LogP contribution >= 0.6 is 11.5 Å². The minimum absolute atomic E-state index is 0.0110. The molecule has 4 heterocycles. The Balaban J connectivity index is 1.32. The Hall–Kier alpha value is -3.92. The van der Waals surface area contributed by atoms with Gasteiger partial charge in [-0.1, -0.05) is 24.3 Å². The number of benzene rings is 1. The Labute approximate surface area is 200 Å². The normalized spacial score (nSPS) is 15.9. The summed E-state index contributed by atoms with van der Waals surface area (Å²) in [6.45, 7) is 3.38. The Morgan fingerprint density at radius 3 is 2.62 bits per heavy atom.